The summed E-state index contributed by atoms with van der Waals surface area (Å²) in [6, 6.07) is 24.7. The molecule has 13 heteroatoms. The van der Waals surface area contributed by atoms with Crippen LogP contribution in [-0.2, 0) is 0 Å². The molecule has 5 aromatic rings. The number of nitro groups is 2. The molecular formula is C39H42N8O5. The number of carbonyl (C=O) groups is 1. The Morgan fingerprint density at radius 1 is 0.558 bits per heavy atom. The molecule has 2 heterocycles. The molecule has 2 aromatic heterocycles. The second-order valence-electron chi connectivity index (χ2n) is 12.8. The number of nitrogens with zero attached hydrogens (tertiary/aromatic N) is 8. The molecule has 3 aromatic carbocycles. The highest BCUT2D eigenvalue weighted by molar-refractivity contribution is 6.16. The van der Waals surface area contributed by atoms with Crippen molar-refractivity contribution in [1.82, 2.24) is 19.8 Å². The first-order valence-corrected chi connectivity index (χ1v) is 16.9. The summed E-state index contributed by atoms with van der Waals surface area (Å²) in [7, 11) is 7.86. The third-order valence-electron chi connectivity index (χ3n) is 8.60. The van der Waals surface area contributed by atoms with Crippen molar-refractivity contribution in [3.63, 3.8) is 0 Å². The van der Waals surface area contributed by atoms with Gasteiger partial charge in [0.05, 0.1) is 27.9 Å². The van der Waals surface area contributed by atoms with Crippen LogP contribution in [-0.4, -0.2) is 89.8 Å². The van der Waals surface area contributed by atoms with Crippen LogP contribution in [0.25, 0.3) is 11.1 Å². The Morgan fingerprint density at radius 3 is 1.52 bits per heavy atom. The van der Waals surface area contributed by atoms with Crippen molar-refractivity contribution >= 4 is 39.9 Å². The number of rotatable bonds is 17. The second-order valence-corrected chi connectivity index (χ2v) is 12.8. The van der Waals surface area contributed by atoms with Gasteiger partial charge in [-0.3, -0.25) is 35.0 Å². The van der Waals surface area contributed by atoms with Crippen molar-refractivity contribution in [3.8, 4) is 11.1 Å². The van der Waals surface area contributed by atoms with Crippen LogP contribution in [0.1, 0.15) is 28.8 Å². The first-order valence-electron chi connectivity index (χ1n) is 16.9. The van der Waals surface area contributed by atoms with Gasteiger partial charge in [0.2, 0.25) is 0 Å². The van der Waals surface area contributed by atoms with Crippen molar-refractivity contribution in [2.75, 3.05) is 64.2 Å². The highest BCUT2D eigenvalue weighted by Gasteiger charge is 2.28. The summed E-state index contributed by atoms with van der Waals surface area (Å²) in [5.74, 6) is -0.281. The molecular weight excluding hydrogens is 660 g/mol. The maximum Gasteiger partial charge on any atom is 0.296 e. The smallest absolute Gasteiger partial charge is 0.296 e. The molecule has 0 amide bonds. The van der Waals surface area contributed by atoms with Gasteiger partial charge in [-0.1, -0.05) is 54.6 Å². The van der Waals surface area contributed by atoms with Gasteiger partial charge in [0.25, 0.3) is 11.4 Å². The van der Waals surface area contributed by atoms with Crippen molar-refractivity contribution in [2.45, 2.75) is 12.8 Å². The maximum atomic E-state index is 14.8. The lowest BCUT2D eigenvalue weighted by Gasteiger charge is -2.28. The molecule has 0 atom stereocenters. The minimum atomic E-state index is -0.441. The third kappa shape index (κ3) is 8.63. The molecule has 0 saturated heterocycles. The maximum absolute atomic E-state index is 14.8. The first-order chi connectivity index (χ1) is 25.1. The molecule has 0 bridgehead atoms. The summed E-state index contributed by atoms with van der Waals surface area (Å²) in [4.78, 5) is 54.6. The van der Waals surface area contributed by atoms with Gasteiger partial charge in [0.1, 0.15) is 11.4 Å². The Labute approximate surface area is 303 Å². The largest absolute Gasteiger partial charge is 0.334 e. The van der Waals surface area contributed by atoms with Crippen LogP contribution in [0.3, 0.4) is 0 Å². The quantitative estimate of drug-likeness (QED) is 0.0545. The molecule has 0 aliphatic carbocycles. The monoisotopic (exact) mass is 702 g/mol. The molecule has 0 fully saturated rings. The Balaban J connectivity index is 1.64. The SMILES string of the molecule is CN(C)CCCN(c1ccccc1C(=O)c1ccccc1-c1ccccc1N(CCCN(C)C)c1cnccc1[N+](=O)[O-])c1cnccc1[N+](=O)[O-]. The van der Waals surface area contributed by atoms with Crippen LogP contribution in [0.5, 0.6) is 0 Å². The summed E-state index contributed by atoms with van der Waals surface area (Å²) in [5.41, 5.74) is 3.75. The van der Waals surface area contributed by atoms with Crippen LogP contribution in [0.4, 0.5) is 34.1 Å². The minimum absolute atomic E-state index is 0.0770. The van der Waals surface area contributed by atoms with Gasteiger partial charge >= 0.3 is 0 Å². The summed E-state index contributed by atoms with van der Waals surface area (Å²) in [6.45, 7) is 2.32. The normalized spacial score (nSPS) is 11.1. The number of benzene rings is 3. The molecule has 13 nitrogen and oxygen atoms in total. The topological polar surface area (TPSA) is 142 Å². The van der Waals surface area contributed by atoms with E-state index in [0.29, 0.717) is 65.2 Å². The fraction of sp³-hybridized carbons (Fsp3) is 0.256. The zero-order chi connectivity index (χ0) is 37.2. The van der Waals surface area contributed by atoms with Gasteiger partial charge in [0.15, 0.2) is 5.78 Å². The average Bonchev–Trinajstić information content (AvgIpc) is 3.15. The lowest BCUT2D eigenvalue weighted by Crippen LogP contribution is -2.25. The molecule has 0 N–H and O–H groups in total. The highest BCUT2D eigenvalue weighted by Crippen LogP contribution is 2.41. The minimum Gasteiger partial charge on any atom is -0.334 e. The van der Waals surface area contributed by atoms with Gasteiger partial charge in [-0.15, -0.1) is 0 Å². The molecule has 0 radical (unpaired) electrons. The van der Waals surface area contributed by atoms with Crippen molar-refractivity contribution in [2.24, 2.45) is 0 Å². The number of hydrogen-bond donors (Lipinski definition) is 0. The lowest BCUT2D eigenvalue weighted by molar-refractivity contribution is -0.384. The number of carbonyl (C=O) groups excluding carboxylic acids is 1. The van der Waals surface area contributed by atoms with E-state index in [1.165, 1.54) is 36.9 Å². The predicted octanol–water partition coefficient (Wildman–Crippen LogP) is 7.37. The van der Waals surface area contributed by atoms with Crippen molar-refractivity contribution < 1.29 is 14.6 Å². The Bertz CT molecular complexity index is 2040. The highest BCUT2D eigenvalue weighted by atomic mass is 16.6. The fourth-order valence-electron chi connectivity index (χ4n) is 6.21. The first kappa shape index (κ1) is 37.2. The Hall–Kier alpha value is -6.05. The van der Waals surface area contributed by atoms with Crippen LogP contribution >= 0.6 is 0 Å². The zero-order valence-corrected chi connectivity index (χ0v) is 29.8. The lowest BCUT2D eigenvalue weighted by atomic mass is 9.91. The standard InChI is InChI=1S/C39H42N8O5/c1-42(2)23-11-25-44(37-27-40-21-19-35(37)46(49)50)33-17-9-7-14-30(33)29-13-5-6-15-31(29)39(48)32-16-8-10-18-34(32)45(26-12-24-43(3)4)38-28-41-22-20-36(38)47(51)52/h5-10,13-22,27-28H,11-12,23-26H2,1-4H3. The molecule has 0 aliphatic heterocycles. The van der Waals surface area contributed by atoms with E-state index < -0.39 is 9.85 Å². The molecule has 0 spiro atoms. The molecule has 0 saturated carbocycles. The van der Waals surface area contributed by atoms with Crippen molar-refractivity contribution in [3.05, 3.63) is 141 Å². The van der Waals surface area contributed by atoms with Gasteiger partial charge in [0, 0.05) is 60.0 Å². The van der Waals surface area contributed by atoms with Crippen LogP contribution < -0.4 is 9.80 Å². The summed E-state index contributed by atoms with van der Waals surface area (Å²) in [5, 5.41) is 24.3. The van der Waals surface area contributed by atoms with E-state index in [-0.39, 0.29) is 22.8 Å². The number of anilines is 4. The van der Waals surface area contributed by atoms with E-state index >= 15 is 0 Å². The third-order valence-corrected chi connectivity index (χ3v) is 8.60. The van der Waals surface area contributed by atoms with E-state index in [9.17, 15) is 25.0 Å². The second kappa shape index (κ2) is 17.2. The number of ketones is 1. The molecule has 5 rings (SSSR count). The van der Waals surface area contributed by atoms with Gasteiger partial charge in [-0.05, 0) is 77.9 Å². The number of pyridine rings is 2. The summed E-state index contributed by atoms with van der Waals surface area (Å²) < 4.78 is 0. The average molecular weight is 703 g/mol. The molecule has 268 valence electrons. The van der Waals surface area contributed by atoms with Crippen LogP contribution in [0.15, 0.2) is 110 Å². The van der Waals surface area contributed by atoms with Crippen molar-refractivity contribution in [1.29, 1.82) is 0 Å². The number of para-hydroxylation sites is 2. The van der Waals surface area contributed by atoms with Crippen LogP contribution in [0, 0.1) is 20.2 Å². The van der Waals surface area contributed by atoms with Crippen LogP contribution in [0.2, 0.25) is 0 Å². The summed E-state index contributed by atoms with van der Waals surface area (Å²) >= 11 is 0. The van der Waals surface area contributed by atoms with E-state index in [2.05, 4.69) is 14.9 Å². The number of aromatic nitrogens is 2. The summed E-state index contributed by atoms with van der Waals surface area (Å²) in [6.07, 6.45) is 7.11. The van der Waals surface area contributed by atoms with Gasteiger partial charge < -0.3 is 19.6 Å². The van der Waals surface area contributed by atoms with Gasteiger partial charge in [-0.2, -0.15) is 0 Å². The predicted molar refractivity (Wildman–Crippen MR) is 204 cm³/mol. The zero-order valence-electron chi connectivity index (χ0n) is 29.8. The van der Waals surface area contributed by atoms with E-state index in [1.54, 1.807) is 41.3 Å². The Morgan fingerprint density at radius 2 is 1.00 bits per heavy atom. The number of hydrogen-bond acceptors (Lipinski definition) is 11. The molecule has 0 aliphatic rings. The van der Waals surface area contributed by atoms with E-state index in [1.807, 2.05) is 74.4 Å². The molecule has 52 heavy (non-hydrogen) atoms. The van der Waals surface area contributed by atoms with E-state index in [4.69, 9.17) is 0 Å². The Kier molecular flexibility index (Phi) is 12.3. The van der Waals surface area contributed by atoms with Gasteiger partial charge in [-0.25, -0.2) is 0 Å². The molecule has 0 unspecified atom stereocenters. The van der Waals surface area contributed by atoms with E-state index in [0.717, 1.165) is 13.1 Å². The fourth-order valence-corrected chi connectivity index (χ4v) is 6.21.